The zero-order valence-corrected chi connectivity index (χ0v) is 9.16. The Labute approximate surface area is 80.0 Å². The number of hydrogen-bond acceptors (Lipinski definition) is 2. The zero-order valence-electron chi connectivity index (χ0n) is 8.34. The quantitative estimate of drug-likeness (QED) is 0.394. The lowest BCUT2D eigenvalue weighted by Crippen LogP contribution is -2.16. The standard InChI is InChI=1S/C9H20N2S/c1-4-5-12-7-9(10)11-6-8(2)3/h8H,4-7H2,1-3H3,(H2,10,11). The maximum atomic E-state index is 5.69. The molecule has 0 unspecified atom stereocenters. The molecule has 0 atom stereocenters. The molecule has 0 heterocycles. The second-order valence-corrected chi connectivity index (χ2v) is 4.38. The van der Waals surface area contributed by atoms with Gasteiger partial charge in [-0.3, -0.25) is 4.99 Å². The Morgan fingerprint density at radius 1 is 1.50 bits per heavy atom. The molecule has 0 aromatic carbocycles. The van der Waals surface area contributed by atoms with Crippen LogP contribution in [0.5, 0.6) is 0 Å². The Morgan fingerprint density at radius 2 is 2.17 bits per heavy atom. The van der Waals surface area contributed by atoms with Gasteiger partial charge < -0.3 is 5.73 Å². The number of thioether (sulfide) groups is 1. The molecule has 0 radical (unpaired) electrons. The van der Waals surface area contributed by atoms with Crippen LogP contribution >= 0.6 is 11.8 Å². The second kappa shape index (κ2) is 7.47. The summed E-state index contributed by atoms with van der Waals surface area (Å²) in [6, 6.07) is 0. The van der Waals surface area contributed by atoms with E-state index < -0.39 is 0 Å². The highest BCUT2D eigenvalue weighted by Gasteiger charge is 1.94. The van der Waals surface area contributed by atoms with Crippen molar-refractivity contribution in [3.05, 3.63) is 0 Å². The summed E-state index contributed by atoms with van der Waals surface area (Å²) in [5.41, 5.74) is 5.69. The van der Waals surface area contributed by atoms with Crippen LogP contribution in [0.25, 0.3) is 0 Å². The maximum absolute atomic E-state index is 5.69. The molecule has 0 aliphatic heterocycles. The third-order valence-electron chi connectivity index (χ3n) is 1.26. The minimum absolute atomic E-state index is 0.611. The van der Waals surface area contributed by atoms with Crippen molar-refractivity contribution in [2.45, 2.75) is 27.2 Å². The lowest BCUT2D eigenvalue weighted by Gasteiger charge is -2.02. The van der Waals surface area contributed by atoms with Gasteiger partial charge in [0.15, 0.2) is 0 Å². The first-order valence-electron chi connectivity index (χ1n) is 4.53. The molecule has 3 heteroatoms. The molecular weight excluding hydrogens is 168 g/mol. The fourth-order valence-corrected chi connectivity index (χ4v) is 1.40. The molecular formula is C9H20N2S. The molecule has 0 rings (SSSR count). The van der Waals surface area contributed by atoms with E-state index in [0.717, 1.165) is 18.1 Å². The number of aliphatic imine (C=N–C) groups is 1. The van der Waals surface area contributed by atoms with Crippen LogP contribution < -0.4 is 5.73 Å². The average Bonchev–Trinajstić information content (AvgIpc) is 2.01. The highest BCUT2D eigenvalue weighted by atomic mass is 32.2. The molecule has 0 fully saturated rings. The van der Waals surface area contributed by atoms with Crippen molar-refractivity contribution in [3.8, 4) is 0 Å². The number of rotatable bonds is 6. The van der Waals surface area contributed by atoms with E-state index in [1.54, 1.807) is 0 Å². The number of hydrogen-bond donors (Lipinski definition) is 1. The van der Waals surface area contributed by atoms with Crippen molar-refractivity contribution >= 4 is 17.6 Å². The molecule has 0 aliphatic rings. The molecule has 2 N–H and O–H groups in total. The predicted molar refractivity (Wildman–Crippen MR) is 58.9 cm³/mol. The summed E-state index contributed by atoms with van der Waals surface area (Å²) >= 11 is 1.86. The number of amidine groups is 1. The van der Waals surface area contributed by atoms with Gasteiger partial charge in [0.1, 0.15) is 5.84 Å². The smallest absolute Gasteiger partial charge is 0.104 e. The molecule has 0 saturated heterocycles. The summed E-state index contributed by atoms with van der Waals surface area (Å²) in [6.45, 7) is 7.33. The SMILES string of the molecule is CCCSCC(N)=NCC(C)C. The van der Waals surface area contributed by atoms with E-state index in [1.165, 1.54) is 12.2 Å². The minimum atomic E-state index is 0.611. The number of nitrogens with two attached hydrogens (primary N) is 1. The van der Waals surface area contributed by atoms with Crippen LogP contribution in [-0.2, 0) is 0 Å². The highest BCUT2D eigenvalue weighted by molar-refractivity contribution is 7.99. The monoisotopic (exact) mass is 188 g/mol. The lowest BCUT2D eigenvalue weighted by atomic mass is 10.2. The fraction of sp³-hybridized carbons (Fsp3) is 0.889. The van der Waals surface area contributed by atoms with E-state index in [0.29, 0.717) is 5.92 Å². The van der Waals surface area contributed by atoms with Crippen molar-refractivity contribution in [1.82, 2.24) is 0 Å². The van der Waals surface area contributed by atoms with E-state index in [4.69, 9.17) is 5.73 Å². The van der Waals surface area contributed by atoms with Crippen LogP contribution in [0, 0.1) is 5.92 Å². The first-order chi connectivity index (χ1) is 5.66. The van der Waals surface area contributed by atoms with Gasteiger partial charge in [-0.25, -0.2) is 0 Å². The highest BCUT2D eigenvalue weighted by Crippen LogP contribution is 2.01. The molecule has 0 aromatic heterocycles. The molecule has 72 valence electrons. The molecule has 0 bridgehead atoms. The van der Waals surface area contributed by atoms with Crippen LogP contribution in [0.15, 0.2) is 4.99 Å². The molecule has 0 spiro atoms. The van der Waals surface area contributed by atoms with Crippen molar-refractivity contribution in [2.75, 3.05) is 18.1 Å². The third-order valence-corrected chi connectivity index (χ3v) is 2.45. The zero-order chi connectivity index (χ0) is 9.40. The van der Waals surface area contributed by atoms with Gasteiger partial charge in [-0.15, -0.1) is 0 Å². The Balaban J connectivity index is 3.42. The summed E-state index contributed by atoms with van der Waals surface area (Å²) in [4.78, 5) is 4.27. The van der Waals surface area contributed by atoms with Gasteiger partial charge >= 0.3 is 0 Å². The predicted octanol–water partition coefficient (Wildman–Crippen LogP) is 2.14. The third kappa shape index (κ3) is 7.92. The van der Waals surface area contributed by atoms with Gasteiger partial charge in [0.05, 0.1) is 5.75 Å². The van der Waals surface area contributed by atoms with Gasteiger partial charge in [-0.2, -0.15) is 11.8 Å². The first-order valence-corrected chi connectivity index (χ1v) is 5.68. The van der Waals surface area contributed by atoms with E-state index >= 15 is 0 Å². The molecule has 12 heavy (non-hydrogen) atoms. The van der Waals surface area contributed by atoms with Crippen LogP contribution in [0.1, 0.15) is 27.2 Å². The van der Waals surface area contributed by atoms with Gasteiger partial charge in [0, 0.05) is 6.54 Å². The Morgan fingerprint density at radius 3 is 2.67 bits per heavy atom. The Kier molecular flexibility index (Phi) is 7.36. The number of nitrogens with zero attached hydrogens (tertiary/aromatic N) is 1. The van der Waals surface area contributed by atoms with E-state index in [2.05, 4.69) is 25.8 Å². The summed E-state index contributed by atoms with van der Waals surface area (Å²) in [6.07, 6.45) is 1.21. The fourth-order valence-electron chi connectivity index (χ4n) is 0.667. The topological polar surface area (TPSA) is 38.4 Å². The summed E-state index contributed by atoms with van der Waals surface area (Å²) in [5.74, 6) is 3.47. The summed E-state index contributed by atoms with van der Waals surface area (Å²) in [5, 5.41) is 0. The van der Waals surface area contributed by atoms with Crippen molar-refractivity contribution in [2.24, 2.45) is 16.6 Å². The van der Waals surface area contributed by atoms with Gasteiger partial charge in [-0.1, -0.05) is 20.8 Å². The normalized spacial score (nSPS) is 12.5. The van der Waals surface area contributed by atoms with E-state index in [9.17, 15) is 0 Å². The van der Waals surface area contributed by atoms with Crippen molar-refractivity contribution in [1.29, 1.82) is 0 Å². The largest absolute Gasteiger partial charge is 0.387 e. The van der Waals surface area contributed by atoms with E-state index in [-0.39, 0.29) is 0 Å². The summed E-state index contributed by atoms with van der Waals surface area (Å²) < 4.78 is 0. The maximum Gasteiger partial charge on any atom is 0.104 e. The molecule has 0 aromatic rings. The van der Waals surface area contributed by atoms with Gasteiger partial charge in [0.25, 0.3) is 0 Å². The van der Waals surface area contributed by atoms with E-state index in [1.807, 2.05) is 11.8 Å². The van der Waals surface area contributed by atoms with Crippen LogP contribution in [0.2, 0.25) is 0 Å². The Hall–Kier alpha value is -0.180. The lowest BCUT2D eigenvalue weighted by molar-refractivity contribution is 0.665. The van der Waals surface area contributed by atoms with Crippen molar-refractivity contribution in [3.63, 3.8) is 0 Å². The second-order valence-electron chi connectivity index (χ2n) is 3.28. The van der Waals surface area contributed by atoms with Crippen LogP contribution in [0.3, 0.4) is 0 Å². The average molecular weight is 188 g/mol. The molecule has 0 saturated carbocycles. The van der Waals surface area contributed by atoms with Crippen LogP contribution in [-0.4, -0.2) is 23.9 Å². The first kappa shape index (κ1) is 11.8. The molecule has 0 aliphatic carbocycles. The van der Waals surface area contributed by atoms with Crippen LogP contribution in [0.4, 0.5) is 0 Å². The molecule has 2 nitrogen and oxygen atoms in total. The minimum Gasteiger partial charge on any atom is -0.387 e. The van der Waals surface area contributed by atoms with Gasteiger partial charge in [-0.05, 0) is 18.1 Å². The van der Waals surface area contributed by atoms with Crippen molar-refractivity contribution < 1.29 is 0 Å². The Bertz CT molecular complexity index is 132. The summed E-state index contributed by atoms with van der Waals surface area (Å²) in [7, 11) is 0. The molecule has 0 amide bonds. The van der Waals surface area contributed by atoms with Gasteiger partial charge in [0.2, 0.25) is 0 Å².